The van der Waals surface area contributed by atoms with Crippen molar-refractivity contribution in [3.05, 3.63) is 336 Å². The SMILES string of the molecule is CC(C)(C)c1ccc(Cl)cc1Cl.CC(C)c1ccc(Br)c(C(F)(F)F)c1.CC(C)c1ccc(Cl)c(C#N)c1.CC(C)c1ccc(F)c(C(F)(F)F)c1.COc1cc(C(C)C)ccc1Cl.COc1cccc(C(C)(C)C)c1.Cc1cc(C(C)C)ccc1Cl.Cc1ccc(C(C)(C)C)cc1.Cc1ccc(C(C)(C)C)cc1C(F)(F)F.Cc1cccc(C(C)(C)C)c1. The normalized spacial score (nSPS) is 11.5. The number of alkyl halides is 9. The number of ether oxygens (including phenoxy) is 2. The van der Waals surface area contributed by atoms with Gasteiger partial charge >= 0.3 is 18.5 Å². The Bertz CT molecular complexity index is 4880. The molecule has 0 aromatic heterocycles. The highest BCUT2D eigenvalue weighted by molar-refractivity contribution is 9.10. The van der Waals surface area contributed by atoms with Gasteiger partial charge in [0.15, 0.2) is 0 Å². The van der Waals surface area contributed by atoms with Crippen molar-refractivity contribution in [2.45, 2.75) is 276 Å². The van der Waals surface area contributed by atoms with E-state index in [1.54, 1.807) is 52.3 Å². The Hall–Kier alpha value is -7.48. The predicted octanol–water partition coefficient (Wildman–Crippen LogP) is 37.3. The summed E-state index contributed by atoms with van der Waals surface area (Å²) < 4.78 is 135. The summed E-state index contributed by atoms with van der Waals surface area (Å²) in [4.78, 5) is 0. The second kappa shape index (κ2) is 50.9. The van der Waals surface area contributed by atoms with Gasteiger partial charge in [0, 0.05) is 19.5 Å². The van der Waals surface area contributed by atoms with Crippen LogP contribution in [0.25, 0.3) is 0 Å². The quantitative estimate of drug-likeness (QED) is 0.149. The fourth-order valence-corrected chi connectivity index (χ4v) is 12.7. The number of hydrogen-bond acceptors (Lipinski definition) is 3. The van der Waals surface area contributed by atoms with Gasteiger partial charge in [0.05, 0.1) is 46.5 Å². The Kier molecular flexibility index (Phi) is 47.0. The first kappa shape index (κ1) is 115. The van der Waals surface area contributed by atoms with Gasteiger partial charge in [0.25, 0.3) is 0 Å². The number of benzene rings is 10. The number of methoxy groups -OCH3 is 2. The highest BCUT2D eigenvalue weighted by atomic mass is 79.9. The van der Waals surface area contributed by atoms with Crippen molar-refractivity contribution in [1.82, 2.24) is 0 Å². The lowest BCUT2D eigenvalue weighted by Gasteiger charge is -2.21. The molecule has 680 valence electrons. The number of nitrogens with zero attached hydrogens (tertiary/aromatic N) is 1. The molecule has 124 heavy (non-hydrogen) atoms. The van der Waals surface area contributed by atoms with Gasteiger partial charge in [0.2, 0.25) is 0 Å². The van der Waals surface area contributed by atoms with Crippen LogP contribution in [-0.4, -0.2) is 14.2 Å². The van der Waals surface area contributed by atoms with Gasteiger partial charge in [-0.2, -0.15) is 44.8 Å². The van der Waals surface area contributed by atoms with E-state index in [4.69, 9.17) is 72.7 Å². The van der Waals surface area contributed by atoms with Crippen LogP contribution in [0.2, 0.25) is 25.1 Å². The zero-order valence-electron chi connectivity index (χ0n) is 78.3. The van der Waals surface area contributed by atoms with Crippen molar-refractivity contribution in [3.8, 4) is 17.6 Å². The van der Waals surface area contributed by atoms with Crippen molar-refractivity contribution in [3.63, 3.8) is 0 Å². The van der Waals surface area contributed by atoms with Crippen LogP contribution >= 0.6 is 73.9 Å². The van der Waals surface area contributed by atoms with E-state index in [1.165, 1.54) is 76.2 Å². The van der Waals surface area contributed by atoms with E-state index in [-0.39, 0.29) is 48.9 Å². The molecule has 0 heterocycles. The summed E-state index contributed by atoms with van der Waals surface area (Å²) in [6.07, 6.45) is -13.2. The highest BCUT2D eigenvalue weighted by Crippen LogP contribution is 2.40. The molecule has 3 nitrogen and oxygen atoms in total. The Morgan fingerprint density at radius 3 is 1.12 bits per heavy atom. The van der Waals surface area contributed by atoms with Gasteiger partial charge in [-0.15, -0.1) is 0 Å². The summed E-state index contributed by atoms with van der Waals surface area (Å²) in [5.41, 5.74) is 13.8. The molecule has 10 aromatic rings. The molecule has 0 radical (unpaired) electrons. The zero-order valence-corrected chi connectivity index (χ0v) is 83.6. The molecule has 19 heteroatoms. The molecule has 0 aliphatic rings. The van der Waals surface area contributed by atoms with Crippen molar-refractivity contribution in [2.24, 2.45) is 0 Å². The summed E-state index contributed by atoms with van der Waals surface area (Å²) in [6, 6.07) is 62.9. The molecular weight excluding hydrogens is 1750 g/mol. The Morgan fingerprint density at radius 1 is 0.323 bits per heavy atom. The Balaban J connectivity index is 0.000000690. The third kappa shape index (κ3) is 42.0. The van der Waals surface area contributed by atoms with Gasteiger partial charge in [-0.3, -0.25) is 0 Å². The van der Waals surface area contributed by atoms with Gasteiger partial charge in [0.1, 0.15) is 23.4 Å². The lowest BCUT2D eigenvalue weighted by Crippen LogP contribution is -2.14. The number of nitriles is 1. The molecule has 0 atom stereocenters. The molecule has 0 fully saturated rings. The fraction of sp³-hybridized carbons (Fsp3) is 0.419. The third-order valence-corrected chi connectivity index (χ3v) is 21.6. The first-order valence-electron chi connectivity index (χ1n) is 41.1. The van der Waals surface area contributed by atoms with E-state index in [1.807, 2.05) is 102 Å². The van der Waals surface area contributed by atoms with Crippen LogP contribution in [-0.2, 0) is 45.6 Å². The lowest BCUT2D eigenvalue weighted by atomic mass is 9.85. The van der Waals surface area contributed by atoms with Crippen LogP contribution in [0.4, 0.5) is 43.9 Å². The molecule has 0 N–H and O–H groups in total. The van der Waals surface area contributed by atoms with Crippen LogP contribution in [0.1, 0.15) is 303 Å². The third-order valence-electron chi connectivity index (χ3n) is 19.3. The van der Waals surface area contributed by atoms with Crippen molar-refractivity contribution >= 4 is 73.9 Å². The first-order valence-corrected chi connectivity index (χ1v) is 43.8. The zero-order chi connectivity index (χ0) is 95.9. The molecule has 0 spiro atoms. The van der Waals surface area contributed by atoms with Crippen molar-refractivity contribution < 1.29 is 53.4 Å². The maximum Gasteiger partial charge on any atom is 0.419 e. The van der Waals surface area contributed by atoms with Crippen molar-refractivity contribution in [1.29, 1.82) is 5.26 Å². The highest BCUT2D eigenvalue weighted by Gasteiger charge is 2.36. The minimum atomic E-state index is -4.62. The van der Waals surface area contributed by atoms with Gasteiger partial charge in [-0.1, -0.05) is 373 Å². The molecule has 0 aliphatic heterocycles. The summed E-state index contributed by atoms with van der Waals surface area (Å²) >= 11 is 32.2. The van der Waals surface area contributed by atoms with Gasteiger partial charge in [-0.25, -0.2) is 4.39 Å². The van der Waals surface area contributed by atoms with E-state index < -0.39 is 41.0 Å². The van der Waals surface area contributed by atoms with Crippen molar-refractivity contribution in [2.75, 3.05) is 14.2 Å². The maximum atomic E-state index is 12.8. The summed E-state index contributed by atoms with van der Waals surface area (Å²) in [7, 11) is 3.33. The molecule has 0 amide bonds. The van der Waals surface area contributed by atoms with E-state index >= 15 is 0 Å². The number of hydrogen-bond donors (Lipinski definition) is 0. The number of aryl methyl sites for hydroxylation is 4. The molecule has 10 aromatic carbocycles. The summed E-state index contributed by atoms with van der Waals surface area (Å²) in [5.74, 6) is 2.06. The van der Waals surface area contributed by atoms with E-state index in [0.29, 0.717) is 55.1 Å². The largest absolute Gasteiger partial charge is 0.497 e. The topological polar surface area (TPSA) is 42.2 Å². The van der Waals surface area contributed by atoms with Crippen LogP contribution in [0.3, 0.4) is 0 Å². The van der Waals surface area contributed by atoms with E-state index in [9.17, 15) is 43.9 Å². The van der Waals surface area contributed by atoms with Crippen LogP contribution in [0.15, 0.2) is 205 Å². The van der Waals surface area contributed by atoms with Gasteiger partial charge in [-0.05, 0) is 236 Å². The second-order valence-electron chi connectivity index (χ2n) is 36.9. The Labute approximate surface area is 770 Å². The smallest absolute Gasteiger partial charge is 0.419 e. The molecular formula is C105H131BrCl5F10NO2. The average molecular weight is 1890 g/mol. The number of halogens is 16. The van der Waals surface area contributed by atoms with Crippen LogP contribution in [0.5, 0.6) is 11.5 Å². The minimum absolute atomic E-state index is 0.0447. The second-order valence-corrected chi connectivity index (χ2v) is 39.8. The summed E-state index contributed by atoms with van der Waals surface area (Å²) in [5, 5.41) is 12.2. The standard InChI is InChI=1S/C12H15F3.C11H16O.2C11H16.C10H10BrF3.C10H12Cl2.C10H10ClN.C10H13ClO.C10H13Cl.C10H10F4/c1-8-5-6-9(11(2,3)4)7-10(8)12(13,14)15;1-11(2,3)9-6-5-7-10(8-9)12-4;1-9-5-7-10(8-6-9)11(2,3)4;1-9-6-5-7-10(8-9)11(2,3)4;1-6(2)7-3-4-9(11)8(5-7)10(12,13)14;1-10(2,3)8-5-4-7(11)6-9(8)12;1-7(2)8-3-4-10(11)9(5-8)6-12;1-7(2)8-4-5-9(11)10(6-8)12-3;1-7(2)9-4-5-10(11)8(3)6-9;1-6(2)7-3-4-9(11)8(5-7)10(12,13)14/h5-7H,1-4H3;5-8H,1-4H3;2*5-8H,1-4H3;3-6H,1-2H3;4-6H,1-3H3;3-5,7H,1-2H3;4-7H,1-3H3;4-7H,1-3H3;3-6H,1-2H3. The first-order chi connectivity index (χ1) is 56.6. The molecule has 0 saturated carbocycles. The molecule has 0 bridgehead atoms. The molecule has 0 saturated heterocycles. The van der Waals surface area contributed by atoms with E-state index in [0.717, 1.165) is 50.4 Å². The van der Waals surface area contributed by atoms with Crippen LogP contribution < -0.4 is 9.47 Å². The molecule has 10 rings (SSSR count). The molecule has 0 aliphatic carbocycles. The average Bonchev–Trinajstić information content (AvgIpc) is 0.818. The monoisotopic (exact) mass is 1880 g/mol. The number of rotatable bonds is 7. The minimum Gasteiger partial charge on any atom is -0.497 e. The Morgan fingerprint density at radius 2 is 0.718 bits per heavy atom. The van der Waals surface area contributed by atoms with Gasteiger partial charge < -0.3 is 9.47 Å². The predicted molar refractivity (Wildman–Crippen MR) is 513 cm³/mol. The maximum absolute atomic E-state index is 12.8. The molecule has 0 unspecified atom stereocenters. The lowest BCUT2D eigenvalue weighted by molar-refractivity contribution is -0.140. The van der Waals surface area contributed by atoms with E-state index in [2.05, 4.69) is 233 Å². The summed E-state index contributed by atoms with van der Waals surface area (Å²) in [6.45, 7) is 59.9. The fourth-order valence-electron chi connectivity index (χ4n) is 11.0. The van der Waals surface area contributed by atoms with Crippen LogP contribution in [0, 0.1) is 44.8 Å².